The Bertz CT molecular complexity index is 1530. The highest BCUT2D eigenvalue weighted by Crippen LogP contribution is 2.35. The lowest BCUT2D eigenvalue weighted by Gasteiger charge is -2.25. The maximum Gasteiger partial charge on any atom is 0.341 e. The van der Waals surface area contributed by atoms with Crippen LogP contribution in [0, 0.1) is 0 Å². The van der Waals surface area contributed by atoms with Gasteiger partial charge < -0.3 is 19.3 Å². The molecule has 3 aromatic rings. The van der Waals surface area contributed by atoms with E-state index in [0.29, 0.717) is 37.7 Å². The van der Waals surface area contributed by atoms with Crippen molar-refractivity contribution in [3.63, 3.8) is 0 Å². The summed E-state index contributed by atoms with van der Waals surface area (Å²) in [5, 5.41) is 8.85. The monoisotopic (exact) mass is 508 g/mol. The van der Waals surface area contributed by atoms with Gasteiger partial charge in [-0.2, -0.15) is 0 Å². The van der Waals surface area contributed by atoms with Gasteiger partial charge in [-0.15, -0.1) is 0 Å². The summed E-state index contributed by atoms with van der Waals surface area (Å²) < 4.78 is 18.0. The van der Waals surface area contributed by atoms with Crippen LogP contribution in [0.5, 0.6) is 11.5 Å². The largest absolute Gasteiger partial charge is 0.496 e. The van der Waals surface area contributed by atoms with Gasteiger partial charge in [-0.05, 0) is 43.7 Å². The van der Waals surface area contributed by atoms with E-state index in [1.807, 2.05) is 18.2 Å². The van der Waals surface area contributed by atoms with Crippen LogP contribution in [0.15, 0.2) is 69.6 Å². The Morgan fingerprint density at radius 2 is 1.97 bits per heavy atom. The first kappa shape index (κ1) is 24.9. The van der Waals surface area contributed by atoms with Crippen LogP contribution in [-0.2, 0) is 14.3 Å². The number of hydrogen-bond donors (Lipinski definition) is 1. The molecule has 0 unspecified atom stereocenters. The second-order valence-electron chi connectivity index (χ2n) is 7.80. The number of aromatic nitrogens is 1. The molecule has 2 heterocycles. The van der Waals surface area contributed by atoms with Crippen molar-refractivity contribution in [1.29, 1.82) is 0 Å². The van der Waals surface area contributed by atoms with Gasteiger partial charge in [-0.3, -0.25) is 9.36 Å². The standard InChI is InChI=1S/C26H24N2O7S/c1-4-34-25(32)22-15(2)27-26-28(23(22)18-10-5-6-11-19(18)33-3)24(31)20(36-26)13-16-8-7-9-17(12-16)35-14-21(29)30/h5-13,23H,4,14H2,1-3H3,(H,29,30)/t23-/m0/s1. The fourth-order valence-corrected chi connectivity index (χ4v) is 5.02. The number of rotatable bonds is 8. The number of thiazole rings is 1. The SMILES string of the molecule is CCOC(=O)C1=C(C)N=c2sc(=Cc3cccc(OCC(=O)O)c3)c(=O)n2[C@H]1c1ccccc1OC. The molecule has 0 radical (unpaired) electrons. The summed E-state index contributed by atoms with van der Waals surface area (Å²) in [6.07, 6.45) is 1.68. The van der Waals surface area contributed by atoms with Gasteiger partial charge in [0, 0.05) is 5.56 Å². The van der Waals surface area contributed by atoms with Crippen molar-refractivity contribution in [2.75, 3.05) is 20.3 Å². The zero-order valence-corrected chi connectivity index (χ0v) is 20.7. The molecule has 1 aliphatic heterocycles. The Morgan fingerprint density at radius 3 is 2.69 bits per heavy atom. The maximum atomic E-state index is 13.7. The van der Waals surface area contributed by atoms with E-state index in [4.69, 9.17) is 19.3 Å². The number of aliphatic carboxylic acids is 1. The van der Waals surface area contributed by atoms with Crippen molar-refractivity contribution < 1.29 is 28.9 Å². The van der Waals surface area contributed by atoms with E-state index in [1.54, 1.807) is 50.3 Å². The molecular formula is C26H24N2O7S. The minimum absolute atomic E-state index is 0.180. The van der Waals surface area contributed by atoms with Crippen LogP contribution in [0.3, 0.4) is 0 Å². The van der Waals surface area contributed by atoms with Crippen LogP contribution in [0.1, 0.15) is 31.0 Å². The molecule has 0 spiro atoms. The molecule has 186 valence electrons. The topological polar surface area (TPSA) is 116 Å². The molecule has 36 heavy (non-hydrogen) atoms. The molecular weight excluding hydrogens is 484 g/mol. The smallest absolute Gasteiger partial charge is 0.341 e. The number of ether oxygens (including phenoxy) is 3. The van der Waals surface area contributed by atoms with E-state index in [-0.39, 0.29) is 17.7 Å². The van der Waals surface area contributed by atoms with Crippen molar-refractivity contribution in [1.82, 2.24) is 4.57 Å². The molecule has 0 saturated carbocycles. The highest BCUT2D eigenvalue weighted by Gasteiger charge is 2.34. The third kappa shape index (κ3) is 4.94. The molecule has 0 saturated heterocycles. The quantitative estimate of drug-likeness (QED) is 0.464. The van der Waals surface area contributed by atoms with Gasteiger partial charge >= 0.3 is 11.9 Å². The summed E-state index contributed by atoms with van der Waals surface area (Å²) in [6, 6.07) is 13.2. The average molecular weight is 509 g/mol. The van der Waals surface area contributed by atoms with Crippen LogP contribution < -0.4 is 24.4 Å². The Morgan fingerprint density at radius 1 is 1.19 bits per heavy atom. The van der Waals surface area contributed by atoms with Crippen molar-refractivity contribution in [3.8, 4) is 11.5 Å². The third-order valence-electron chi connectivity index (χ3n) is 5.47. The van der Waals surface area contributed by atoms with Crippen LogP contribution in [0.4, 0.5) is 0 Å². The number of nitrogens with zero attached hydrogens (tertiary/aromatic N) is 2. The average Bonchev–Trinajstić information content (AvgIpc) is 3.16. The van der Waals surface area contributed by atoms with Crippen molar-refractivity contribution in [2.45, 2.75) is 19.9 Å². The number of benzene rings is 2. The van der Waals surface area contributed by atoms with E-state index in [0.717, 1.165) is 0 Å². The first-order chi connectivity index (χ1) is 17.3. The maximum absolute atomic E-state index is 13.7. The fraction of sp³-hybridized carbons (Fsp3) is 0.231. The predicted molar refractivity (Wildman–Crippen MR) is 133 cm³/mol. The Balaban J connectivity index is 1.89. The molecule has 10 heteroatoms. The van der Waals surface area contributed by atoms with Gasteiger partial charge in [-0.25, -0.2) is 14.6 Å². The van der Waals surface area contributed by atoms with Gasteiger partial charge in [0.1, 0.15) is 17.5 Å². The minimum atomic E-state index is -1.09. The summed E-state index contributed by atoms with van der Waals surface area (Å²) in [6.45, 7) is 3.14. The number of carboxylic acid groups (broad SMARTS) is 1. The van der Waals surface area contributed by atoms with Gasteiger partial charge in [0.25, 0.3) is 5.56 Å². The number of fused-ring (bicyclic) bond motifs is 1. The normalized spacial score (nSPS) is 15.2. The van der Waals surface area contributed by atoms with Crippen LogP contribution in [0.2, 0.25) is 0 Å². The van der Waals surface area contributed by atoms with Crippen molar-refractivity contribution in [2.24, 2.45) is 4.99 Å². The van der Waals surface area contributed by atoms with Crippen LogP contribution in [-0.4, -0.2) is 41.9 Å². The number of hydrogen-bond acceptors (Lipinski definition) is 8. The molecule has 0 fully saturated rings. The van der Waals surface area contributed by atoms with E-state index >= 15 is 0 Å². The molecule has 1 N–H and O–H groups in total. The van der Waals surface area contributed by atoms with Gasteiger partial charge in [0.15, 0.2) is 11.4 Å². The van der Waals surface area contributed by atoms with E-state index in [2.05, 4.69) is 4.99 Å². The number of allylic oxidation sites excluding steroid dienone is 1. The predicted octanol–water partition coefficient (Wildman–Crippen LogP) is 2.27. The zero-order chi connectivity index (χ0) is 25.8. The first-order valence-electron chi connectivity index (χ1n) is 11.1. The number of para-hydroxylation sites is 1. The summed E-state index contributed by atoms with van der Waals surface area (Å²) in [4.78, 5) is 42.5. The molecule has 4 rings (SSSR count). The van der Waals surface area contributed by atoms with Crippen molar-refractivity contribution in [3.05, 3.63) is 90.6 Å². The number of methoxy groups -OCH3 is 1. The fourth-order valence-electron chi connectivity index (χ4n) is 3.97. The summed E-state index contributed by atoms with van der Waals surface area (Å²) in [5.41, 5.74) is 1.68. The highest BCUT2D eigenvalue weighted by atomic mass is 32.1. The van der Waals surface area contributed by atoms with E-state index in [1.165, 1.54) is 23.0 Å². The van der Waals surface area contributed by atoms with Crippen molar-refractivity contribution >= 4 is 29.4 Å². The van der Waals surface area contributed by atoms with Crippen LogP contribution in [0.25, 0.3) is 6.08 Å². The molecule has 9 nitrogen and oxygen atoms in total. The van der Waals surface area contributed by atoms with Gasteiger partial charge in [-0.1, -0.05) is 41.7 Å². The Hall–Kier alpha value is -4.18. The molecule has 2 aromatic carbocycles. The van der Waals surface area contributed by atoms with Gasteiger partial charge in [0.05, 0.1) is 29.5 Å². The molecule has 0 aliphatic carbocycles. The lowest BCUT2D eigenvalue weighted by atomic mass is 9.95. The number of carboxylic acids is 1. The lowest BCUT2D eigenvalue weighted by Crippen LogP contribution is -2.40. The number of carbonyl (C=O) groups is 2. The summed E-state index contributed by atoms with van der Waals surface area (Å²) in [5.74, 6) is -0.742. The van der Waals surface area contributed by atoms with E-state index in [9.17, 15) is 14.4 Å². The summed E-state index contributed by atoms with van der Waals surface area (Å²) >= 11 is 1.19. The second-order valence-corrected chi connectivity index (χ2v) is 8.81. The molecule has 0 bridgehead atoms. The zero-order valence-electron chi connectivity index (χ0n) is 19.9. The molecule has 0 amide bonds. The van der Waals surface area contributed by atoms with E-state index < -0.39 is 24.6 Å². The Kier molecular flexibility index (Phi) is 7.35. The summed E-state index contributed by atoms with van der Waals surface area (Å²) in [7, 11) is 1.53. The first-order valence-corrected chi connectivity index (χ1v) is 11.9. The highest BCUT2D eigenvalue weighted by molar-refractivity contribution is 7.07. The lowest BCUT2D eigenvalue weighted by molar-refractivity contribution is -0.140. The molecule has 1 atom stereocenters. The molecule has 1 aromatic heterocycles. The van der Waals surface area contributed by atoms with Crippen LogP contribution >= 0.6 is 11.3 Å². The number of esters is 1. The Labute approximate surface area is 210 Å². The minimum Gasteiger partial charge on any atom is -0.496 e. The van der Waals surface area contributed by atoms with Gasteiger partial charge in [0.2, 0.25) is 0 Å². The number of carbonyl (C=O) groups excluding carboxylic acids is 1. The third-order valence-corrected chi connectivity index (χ3v) is 6.45. The second kappa shape index (κ2) is 10.6. The molecule has 1 aliphatic rings.